The molecule has 0 atom stereocenters. The Bertz CT molecular complexity index is 162. The molecule has 0 radical (unpaired) electrons. The molecule has 0 aliphatic rings. The zero-order valence-electron chi connectivity index (χ0n) is 6.06. The van der Waals surface area contributed by atoms with Crippen LogP contribution in [0.4, 0.5) is 0 Å². The third kappa shape index (κ3) is 3.65. The van der Waals surface area contributed by atoms with Gasteiger partial charge in [0.1, 0.15) is 0 Å². The second-order valence-corrected chi connectivity index (χ2v) is 1.71. The van der Waals surface area contributed by atoms with Crippen molar-refractivity contribution < 1.29 is 4.79 Å². The lowest BCUT2D eigenvalue weighted by Crippen LogP contribution is -2.21. The monoisotopic (exact) mass is 141 g/mol. The first kappa shape index (κ1) is 8.68. The fourth-order valence-electron chi connectivity index (χ4n) is 0.473. The van der Waals surface area contributed by atoms with Crippen molar-refractivity contribution in [1.29, 1.82) is 5.41 Å². The van der Waals surface area contributed by atoms with Gasteiger partial charge >= 0.3 is 0 Å². The van der Waals surface area contributed by atoms with Gasteiger partial charge in [-0.1, -0.05) is 0 Å². The summed E-state index contributed by atoms with van der Waals surface area (Å²) < 4.78 is 0. The van der Waals surface area contributed by atoms with Gasteiger partial charge in [0.2, 0.25) is 5.91 Å². The molecule has 4 nitrogen and oxygen atoms in total. The molecule has 0 aromatic rings. The van der Waals surface area contributed by atoms with Crippen LogP contribution in [0, 0.1) is 5.41 Å². The summed E-state index contributed by atoms with van der Waals surface area (Å²) >= 11 is 0. The van der Waals surface area contributed by atoms with Crippen LogP contribution < -0.4 is 10.6 Å². The molecule has 10 heavy (non-hydrogen) atoms. The van der Waals surface area contributed by atoms with Crippen LogP contribution in [-0.4, -0.2) is 19.2 Å². The minimum atomic E-state index is -0.176. The molecule has 0 aromatic heterocycles. The number of rotatable bonds is 3. The maximum absolute atomic E-state index is 10.4. The molecule has 0 aliphatic heterocycles. The summed E-state index contributed by atoms with van der Waals surface area (Å²) in [6.07, 6.45) is 2.60. The highest BCUT2D eigenvalue weighted by molar-refractivity contribution is 5.85. The zero-order chi connectivity index (χ0) is 7.98. The molecule has 0 spiro atoms. The molecule has 1 amide bonds. The molecule has 0 fully saturated rings. The Morgan fingerprint density at radius 1 is 1.60 bits per heavy atom. The number of carbonyl (C=O) groups excluding carboxylic acids is 1. The molecule has 0 rings (SSSR count). The summed E-state index contributed by atoms with van der Waals surface area (Å²) in [6.45, 7) is 1.40. The molecule has 4 heteroatoms. The molecule has 0 aliphatic carbocycles. The Kier molecular flexibility index (Phi) is 3.95. The number of carbonyl (C=O) groups is 1. The molecule has 3 N–H and O–H groups in total. The molecular weight excluding hydrogens is 130 g/mol. The number of amides is 1. The van der Waals surface area contributed by atoms with Gasteiger partial charge in [-0.3, -0.25) is 4.79 Å². The van der Waals surface area contributed by atoms with Gasteiger partial charge in [-0.15, -0.1) is 0 Å². The van der Waals surface area contributed by atoms with Gasteiger partial charge in [0, 0.05) is 26.4 Å². The summed E-state index contributed by atoms with van der Waals surface area (Å²) in [5.74, 6) is -0.176. The fourth-order valence-corrected chi connectivity index (χ4v) is 0.473. The van der Waals surface area contributed by atoms with Crippen LogP contribution >= 0.6 is 0 Å². The second-order valence-electron chi connectivity index (χ2n) is 1.71. The van der Waals surface area contributed by atoms with Crippen LogP contribution in [0.3, 0.4) is 0 Å². The highest BCUT2D eigenvalue weighted by Gasteiger charge is 1.92. The summed E-state index contributed by atoms with van der Waals surface area (Å²) in [4.78, 5) is 10.4. The zero-order valence-corrected chi connectivity index (χ0v) is 6.06. The van der Waals surface area contributed by atoms with Gasteiger partial charge in [0.05, 0.1) is 5.70 Å². The van der Waals surface area contributed by atoms with Gasteiger partial charge in [0.15, 0.2) is 0 Å². The smallest absolute Gasteiger partial charge is 0.221 e. The minimum Gasteiger partial charge on any atom is -0.392 e. The van der Waals surface area contributed by atoms with Crippen LogP contribution in [0.2, 0.25) is 0 Å². The Labute approximate surface area is 59.8 Å². The normalized spacial score (nSPS) is 10.4. The van der Waals surface area contributed by atoms with E-state index in [0.29, 0.717) is 5.70 Å². The van der Waals surface area contributed by atoms with Gasteiger partial charge < -0.3 is 16.0 Å². The van der Waals surface area contributed by atoms with Crippen LogP contribution in [-0.2, 0) is 4.79 Å². The van der Waals surface area contributed by atoms with Gasteiger partial charge in [-0.2, -0.15) is 0 Å². The fraction of sp³-hybridized carbons (Fsp3) is 0.333. The van der Waals surface area contributed by atoms with Crippen molar-refractivity contribution in [3.05, 3.63) is 11.9 Å². The Balaban J connectivity index is 3.95. The summed E-state index contributed by atoms with van der Waals surface area (Å²) in [6, 6.07) is 0. The Morgan fingerprint density at radius 2 is 2.20 bits per heavy atom. The van der Waals surface area contributed by atoms with Crippen molar-refractivity contribution in [3.8, 4) is 0 Å². The first-order chi connectivity index (χ1) is 4.70. The molecular formula is C6H11N3O. The average Bonchev–Trinajstić information content (AvgIpc) is 1.86. The number of hydrogen-bond donors (Lipinski definition) is 3. The number of hydrogen-bond acceptors (Lipinski definition) is 3. The number of nitrogens with one attached hydrogen (secondary N) is 3. The van der Waals surface area contributed by atoms with E-state index in [9.17, 15) is 4.79 Å². The molecule has 0 aromatic carbocycles. The first-order valence-corrected chi connectivity index (χ1v) is 2.86. The molecule has 56 valence electrons. The standard InChI is InChI=1S/C6H11N3O/c1-5(10)9-6(3-7)4-8-2/h3-4,7-8H,1-2H3,(H,9,10)/b6-4+,7-3?. The summed E-state index contributed by atoms with van der Waals surface area (Å²) in [5.41, 5.74) is 0.454. The molecule has 0 saturated heterocycles. The van der Waals surface area contributed by atoms with Crippen molar-refractivity contribution >= 4 is 12.1 Å². The molecule has 0 saturated carbocycles. The van der Waals surface area contributed by atoms with Crippen LogP contribution in [0.15, 0.2) is 11.9 Å². The SMILES string of the molecule is CN/C=C(\C=N)NC(C)=O. The van der Waals surface area contributed by atoms with Gasteiger partial charge in [-0.25, -0.2) is 0 Å². The van der Waals surface area contributed by atoms with E-state index in [2.05, 4.69) is 10.6 Å². The lowest BCUT2D eigenvalue weighted by atomic mass is 10.5. The van der Waals surface area contributed by atoms with Crippen molar-refractivity contribution in [2.24, 2.45) is 0 Å². The van der Waals surface area contributed by atoms with Crippen molar-refractivity contribution in [1.82, 2.24) is 10.6 Å². The first-order valence-electron chi connectivity index (χ1n) is 2.86. The van der Waals surface area contributed by atoms with E-state index in [1.165, 1.54) is 13.1 Å². The van der Waals surface area contributed by atoms with Gasteiger partial charge in [-0.05, 0) is 0 Å². The van der Waals surface area contributed by atoms with E-state index in [1.807, 2.05) is 0 Å². The quantitative estimate of drug-likeness (QED) is 0.478. The molecule has 0 unspecified atom stereocenters. The van der Waals surface area contributed by atoms with Crippen LogP contribution in [0.1, 0.15) is 6.92 Å². The molecule has 0 heterocycles. The largest absolute Gasteiger partial charge is 0.392 e. The lowest BCUT2D eigenvalue weighted by Gasteiger charge is -1.99. The highest BCUT2D eigenvalue weighted by Crippen LogP contribution is 1.78. The predicted octanol–water partition coefficient (Wildman–Crippen LogP) is -0.167. The maximum Gasteiger partial charge on any atom is 0.221 e. The van der Waals surface area contributed by atoms with E-state index in [4.69, 9.17) is 5.41 Å². The highest BCUT2D eigenvalue weighted by atomic mass is 16.1. The Morgan fingerprint density at radius 3 is 2.50 bits per heavy atom. The third-order valence-electron chi connectivity index (χ3n) is 0.776. The topological polar surface area (TPSA) is 65.0 Å². The molecule has 0 bridgehead atoms. The third-order valence-corrected chi connectivity index (χ3v) is 0.776. The Hall–Kier alpha value is -1.32. The van der Waals surface area contributed by atoms with E-state index in [-0.39, 0.29) is 5.91 Å². The van der Waals surface area contributed by atoms with Gasteiger partial charge in [0.25, 0.3) is 0 Å². The minimum absolute atomic E-state index is 0.176. The predicted molar refractivity (Wildman–Crippen MR) is 39.7 cm³/mol. The number of allylic oxidation sites excluding steroid dienone is 1. The van der Waals surface area contributed by atoms with E-state index in [0.717, 1.165) is 6.21 Å². The summed E-state index contributed by atoms with van der Waals surface area (Å²) in [7, 11) is 1.70. The van der Waals surface area contributed by atoms with Crippen molar-refractivity contribution in [2.45, 2.75) is 6.92 Å². The van der Waals surface area contributed by atoms with E-state index >= 15 is 0 Å². The average molecular weight is 141 g/mol. The van der Waals surface area contributed by atoms with Crippen LogP contribution in [0.5, 0.6) is 0 Å². The second kappa shape index (κ2) is 4.55. The lowest BCUT2D eigenvalue weighted by molar-refractivity contribution is -0.118. The summed E-state index contributed by atoms with van der Waals surface area (Å²) in [5, 5.41) is 12.0. The van der Waals surface area contributed by atoms with E-state index < -0.39 is 0 Å². The van der Waals surface area contributed by atoms with E-state index in [1.54, 1.807) is 7.05 Å². The van der Waals surface area contributed by atoms with Crippen molar-refractivity contribution in [3.63, 3.8) is 0 Å². The maximum atomic E-state index is 10.4. The van der Waals surface area contributed by atoms with Crippen LogP contribution in [0.25, 0.3) is 0 Å². The van der Waals surface area contributed by atoms with Crippen molar-refractivity contribution in [2.75, 3.05) is 7.05 Å².